The van der Waals surface area contributed by atoms with Gasteiger partial charge in [0.05, 0.1) is 19.3 Å². The fourth-order valence-electron chi connectivity index (χ4n) is 4.02. The van der Waals surface area contributed by atoms with Gasteiger partial charge in [0.2, 0.25) is 5.76 Å². The Kier molecular flexibility index (Phi) is 5.91. The molecule has 10 heteroatoms. The Hall–Kier alpha value is -4.63. The molecular formula is C26H18ClN3O6. The number of nitrogens with one attached hydrogen (secondary N) is 1. The maximum atomic E-state index is 13.3. The van der Waals surface area contributed by atoms with Gasteiger partial charge < -0.3 is 13.7 Å². The molecule has 36 heavy (non-hydrogen) atoms. The lowest BCUT2D eigenvalue weighted by molar-refractivity contribution is -0.122. The molecule has 1 aliphatic heterocycles. The number of imide groups is 2. The number of ether oxygens (including phenoxy) is 1. The molecule has 0 aliphatic carbocycles. The number of hydrogen-bond acceptors (Lipinski definition) is 6. The smallest absolute Gasteiger partial charge is 0.373 e. The van der Waals surface area contributed by atoms with Crippen LogP contribution in [-0.2, 0) is 20.9 Å². The lowest BCUT2D eigenvalue weighted by Crippen LogP contribution is -2.54. The molecule has 2 aromatic heterocycles. The van der Waals surface area contributed by atoms with Crippen molar-refractivity contribution < 1.29 is 28.3 Å². The van der Waals surface area contributed by atoms with Crippen molar-refractivity contribution in [2.75, 3.05) is 12.0 Å². The van der Waals surface area contributed by atoms with Crippen molar-refractivity contribution in [3.8, 4) is 0 Å². The summed E-state index contributed by atoms with van der Waals surface area (Å²) in [5, 5.41) is 3.33. The van der Waals surface area contributed by atoms with Crippen LogP contribution in [-0.4, -0.2) is 35.5 Å². The summed E-state index contributed by atoms with van der Waals surface area (Å²) in [5.41, 5.74) is 1.43. The van der Waals surface area contributed by atoms with E-state index in [2.05, 4.69) is 10.1 Å². The predicted molar refractivity (Wildman–Crippen MR) is 132 cm³/mol. The zero-order valence-corrected chi connectivity index (χ0v) is 19.6. The fraction of sp³-hybridized carbons (Fsp3) is 0.0769. The van der Waals surface area contributed by atoms with E-state index in [0.29, 0.717) is 16.3 Å². The number of furan rings is 1. The molecule has 1 N–H and O–H groups in total. The van der Waals surface area contributed by atoms with Crippen molar-refractivity contribution in [2.24, 2.45) is 0 Å². The van der Waals surface area contributed by atoms with Gasteiger partial charge in [-0.05, 0) is 42.5 Å². The topological polar surface area (TPSA) is 111 Å². The molecule has 0 radical (unpaired) electrons. The Morgan fingerprint density at radius 1 is 1.08 bits per heavy atom. The van der Waals surface area contributed by atoms with Crippen molar-refractivity contribution in [2.45, 2.75) is 6.54 Å². The van der Waals surface area contributed by atoms with E-state index in [1.54, 1.807) is 30.5 Å². The van der Waals surface area contributed by atoms with Crippen molar-refractivity contribution in [1.82, 2.24) is 9.88 Å². The van der Waals surface area contributed by atoms with Crippen LogP contribution >= 0.6 is 11.6 Å². The standard InChI is InChI=1S/C26H18ClN3O6/c1-35-25(33)22-10-9-18(36-22)14-29-13-15(19-7-2-3-8-21(19)29)11-20-23(31)28-26(34)30(24(20)32)17-6-4-5-16(27)12-17/h2-13H,14H2,1H3,(H,28,31,34)/b20-11+. The van der Waals surface area contributed by atoms with Gasteiger partial charge in [-0.2, -0.15) is 0 Å². The molecule has 5 rings (SSSR count). The van der Waals surface area contributed by atoms with Gasteiger partial charge in [-0.25, -0.2) is 14.5 Å². The van der Waals surface area contributed by atoms with E-state index in [1.165, 1.54) is 25.3 Å². The maximum Gasteiger partial charge on any atom is 0.373 e. The second-order valence-corrected chi connectivity index (χ2v) is 8.36. The van der Waals surface area contributed by atoms with Crippen LogP contribution in [0.15, 0.2) is 76.9 Å². The molecule has 0 bridgehead atoms. The number of barbiturate groups is 1. The zero-order valence-electron chi connectivity index (χ0n) is 18.9. The molecule has 0 atom stereocenters. The number of aromatic nitrogens is 1. The molecule has 1 fully saturated rings. The van der Waals surface area contributed by atoms with Crippen molar-refractivity contribution in [3.05, 3.63) is 94.5 Å². The van der Waals surface area contributed by atoms with E-state index in [1.807, 2.05) is 28.8 Å². The number of halogens is 1. The number of esters is 1. The fourth-order valence-corrected chi connectivity index (χ4v) is 4.21. The number of nitrogens with zero attached hydrogens (tertiary/aromatic N) is 2. The Bertz CT molecular complexity index is 1580. The van der Waals surface area contributed by atoms with E-state index in [4.69, 9.17) is 16.0 Å². The number of anilines is 1. The lowest BCUT2D eigenvalue weighted by atomic mass is 10.1. The van der Waals surface area contributed by atoms with Crippen molar-refractivity contribution >= 4 is 58.1 Å². The van der Waals surface area contributed by atoms with Crippen LogP contribution in [0, 0.1) is 0 Å². The van der Waals surface area contributed by atoms with Gasteiger partial charge in [0.15, 0.2) is 0 Å². The molecule has 4 aromatic rings. The number of methoxy groups -OCH3 is 1. The van der Waals surface area contributed by atoms with Crippen molar-refractivity contribution in [3.63, 3.8) is 0 Å². The highest BCUT2D eigenvalue weighted by atomic mass is 35.5. The third-order valence-corrected chi connectivity index (χ3v) is 5.90. The monoisotopic (exact) mass is 503 g/mol. The minimum absolute atomic E-state index is 0.0848. The summed E-state index contributed by atoms with van der Waals surface area (Å²) in [6, 6.07) is 16.0. The average molecular weight is 504 g/mol. The normalized spacial score (nSPS) is 15.0. The molecule has 180 valence electrons. The summed E-state index contributed by atoms with van der Waals surface area (Å²) in [6.07, 6.45) is 3.21. The van der Waals surface area contributed by atoms with E-state index in [-0.39, 0.29) is 23.6 Å². The number of hydrogen-bond donors (Lipinski definition) is 1. The highest BCUT2D eigenvalue weighted by Crippen LogP contribution is 2.28. The number of urea groups is 1. The van der Waals surface area contributed by atoms with E-state index < -0.39 is 23.8 Å². The molecule has 2 aromatic carbocycles. The SMILES string of the molecule is COC(=O)c1ccc(Cn2cc(/C=C3\C(=O)NC(=O)N(c4cccc(Cl)c4)C3=O)c3ccccc32)o1. The van der Waals surface area contributed by atoms with Gasteiger partial charge >= 0.3 is 12.0 Å². The molecule has 1 aliphatic rings. The summed E-state index contributed by atoms with van der Waals surface area (Å²) in [7, 11) is 1.27. The molecule has 0 spiro atoms. The van der Waals surface area contributed by atoms with Gasteiger partial charge in [-0.3, -0.25) is 14.9 Å². The first kappa shape index (κ1) is 23.1. The number of fused-ring (bicyclic) bond motifs is 1. The minimum atomic E-state index is -0.855. The molecule has 1 saturated heterocycles. The first-order valence-electron chi connectivity index (χ1n) is 10.8. The molecule has 4 amide bonds. The van der Waals surface area contributed by atoms with Crippen LogP contribution in [0.4, 0.5) is 10.5 Å². The Morgan fingerprint density at radius 2 is 1.89 bits per heavy atom. The van der Waals surface area contributed by atoms with Gasteiger partial charge in [0, 0.05) is 27.7 Å². The highest BCUT2D eigenvalue weighted by molar-refractivity contribution is 6.39. The van der Waals surface area contributed by atoms with Crippen LogP contribution in [0.3, 0.4) is 0 Å². The number of benzene rings is 2. The molecule has 3 heterocycles. The second-order valence-electron chi connectivity index (χ2n) is 7.92. The summed E-state index contributed by atoms with van der Waals surface area (Å²) >= 11 is 6.03. The first-order valence-corrected chi connectivity index (χ1v) is 11.2. The third kappa shape index (κ3) is 4.16. The number of amides is 4. The zero-order chi connectivity index (χ0) is 25.4. The Labute approximate surface area is 209 Å². The van der Waals surface area contributed by atoms with Crippen LogP contribution in [0.5, 0.6) is 0 Å². The average Bonchev–Trinajstić information content (AvgIpc) is 3.46. The molecule has 9 nitrogen and oxygen atoms in total. The summed E-state index contributed by atoms with van der Waals surface area (Å²) in [5.74, 6) is -1.55. The van der Waals surface area contributed by atoms with Crippen LogP contribution in [0.25, 0.3) is 17.0 Å². The number of rotatable bonds is 5. The number of carbonyl (C=O) groups is 4. The predicted octanol–water partition coefficient (Wildman–Crippen LogP) is 4.39. The minimum Gasteiger partial charge on any atom is -0.463 e. The van der Waals surface area contributed by atoms with Gasteiger partial charge in [-0.1, -0.05) is 35.9 Å². The molecule has 0 unspecified atom stereocenters. The second kappa shape index (κ2) is 9.20. The maximum absolute atomic E-state index is 13.3. The van der Waals surface area contributed by atoms with Crippen LogP contribution < -0.4 is 10.2 Å². The van der Waals surface area contributed by atoms with Gasteiger partial charge in [-0.15, -0.1) is 0 Å². The number of carbonyl (C=O) groups excluding carboxylic acids is 4. The Morgan fingerprint density at radius 3 is 2.67 bits per heavy atom. The van der Waals surface area contributed by atoms with Gasteiger partial charge in [0.1, 0.15) is 11.3 Å². The van der Waals surface area contributed by atoms with Crippen molar-refractivity contribution in [1.29, 1.82) is 0 Å². The highest BCUT2D eigenvalue weighted by Gasteiger charge is 2.37. The van der Waals surface area contributed by atoms with E-state index in [0.717, 1.165) is 15.8 Å². The quantitative estimate of drug-likeness (QED) is 0.246. The largest absolute Gasteiger partial charge is 0.463 e. The molecular weight excluding hydrogens is 486 g/mol. The first-order chi connectivity index (χ1) is 17.4. The summed E-state index contributed by atoms with van der Waals surface area (Å²) in [6.45, 7) is 0.286. The van der Waals surface area contributed by atoms with E-state index in [9.17, 15) is 19.2 Å². The lowest BCUT2D eigenvalue weighted by Gasteiger charge is -2.26. The molecule has 0 saturated carbocycles. The van der Waals surface area contributed by atoms with Crippen LogP contribution in [0.1, 0.15) is 21.9 Å². The van der Waals surface area contributed by atoms with E-state index >= 15 is 0 Å². The van der Waals surface area contributed by atoms with Crippen LogP contribution in [0.2, 0.25) is 5.02 Å². The summed E-state index contributed by atoms with van der Waals surface area (Å²) < 4.78 is 12.1. The number of para-hydroxylation sites is 1. The third-order valence-electron chi connectivity index (χ3n) is 5.66. The van der Waals surface area contributed by atoms with Gasteiger partial charge in [0.25, 0.3) is 11.8 Å². The Balaban J connectivity index is 1.53. The summed E-state index contributed by atoms with van der Waals surface area (Å²) in [4.78, 5) is 51.0.